The Morgan fingerprint density at radius 3 is 2.11 bits per heavy atom. The van der Waals surface area contributed by atoms with Crippen LogP contribution in [0.4, 0.5) is 5.69 Å². The van der Waals surface area contributed by atoms with Gasteiger partial charge in [-0.3, -0.25) is 13.9 Å². The van der Waals surface area contributed by atoms with Gasteiger partial charge in [-0.25, -0.2) is 8.42 Å². The molecule has 1 aliphatic rings. The molecule has 0 aromatic heterocycles. The molecule has 0 heterocycles. The second-order valence-corrected chi connectivity index (χ2v) is 14.3. The Balaban J connectivity index is 1.57. The Bertz CT molecular complexity index is 1740. The minimum absolute atomic E-state index is 0.0230. The molecule has 1 atom stereocenters. The molecular weight excluding hydrogens is 641 g/mol. The van der Waals surface area contributed by atoms with Gasteiger partial charge < -0.3 is 10.2 Å². The predicted octanol–water partition coefficient (Wildman–Crippen LogP) is 7.20. The molecule has 2 amide bonds. The molecule has 0 bridgehead atoms. The smallest absolute Gasteiger partial charge is 0.264 e. The Labute approximate surface area is 281 Å². The van der Waals surface area contributed by atoms with Crippen molar-refractivity contribution in [3.05, 3.63) is 130 Å². The molecule has 5 rings (SSSR count). The van der Waals surface area contributed by atoms with Crippen LogP contribution in [0.1, 0.15) is 42.4 Å². The second kappa shape index (κ2) is 15.2. The molecule has 1 saturated carbocycles. The highest BCUT2D eigenvalue weighted by molar-refractivity contribution is 7.92. The summed E-state index contributed by atoms with van der Waals surface area (Å²) in [6, 6.07) is 28.6. The van der Waals surface area contributed by atoms with Crippen molar-refractivity contribution < 1.29 is 18.0 Å². The number of nitrogens with zero attached hydrogens (tertiary/aromatic N) is 2. The molecule has 46 heavy (non-hydrogen) atoms. The molecule has 0 spiro atoms. The van der Waals surface area contributed by atoms with Crippen LogP contribution in [0.5, 0.6) is 0 Å². The number of para-hydroxylation sites is 1. The van der Waals surface area contributed by atoms with Crippen LogP contribution in [0.3, 0.4) is 0 Å². The quantitative estimate of drug-likeness (QED) is 0.172. The molecule has 0 radical (unpaired) electrons. The van der Waals surface area contributed by atoms with E-state index in [-0.39, 0.29) is 40.5 Å². The first kappa shape index (κ1) is 33.5. The van der Waals surface area contributed by atoms with Gasteiger partial charge in [0.1, 0.15) is 12.6 Å². The summed E-state index contributed by atoms with van der Waals surface area (Å²) in [5, 5.41) is 3.89. The monoisotopic (exact) mass is 677 g/mol. The summed E-state index contributed by atoms with van der Waals surface area (Å²) in [5.41, 5.74) is 2.68. The summed E-state index contributed by atoms with van der Waals surface area (Å²) >= 11 is 12.7. The van der Waals surface area contributed by atoms with Gasteiger partial charge in [-0.15, -0.1) is 0 Å². The van der Waals surface area contributed by atoms with E-state index in [0.29, 0.717) is 5.02 Å². The molecule has 1 aliphatic carbocycles. The van der Waals surface area contributed by atoms with Crippen molar-refractivity contribution in [3.63, 3.8) is 0 Å². The maximum Gasteiger partial charge on any atom is 0.264 e. The molecule has 4 aromatic carbocycles. The van der Waals surface area contributed by atoms with E-state index >= 15 is 0 Å². The van der Waals surface area contributed by atoms with Crippen molar-refractivity contribution in [1.29, 1.82) is 0 Å². The summed E-state index contributed by atoms with van der Waals surface area (Å²) in [6.07, 6.45) is 4.07. The highest BCUT2D eigenvalue weighted by atomic mass is 35.5. The third kappa shape index (κ3) is 8.29. The third-order valence-electron chi connectivity index (χ3n) is 8.25. The first-order valence-electron chi connectivity index (χ1n) is 15.3. The second-order valence-electron chi connectivity index (χ2n) is 11.6. The highest BCUT2D eigenvalue weighted by Gasteiger charge is 2.36. The maximum atomic E-state index is 14.6. The normalized spacial score (nSPS) is 14.1. The lowest BCUT2D eigenvalue weighted by atomic mass is 10.0. The standard InChI is InChI=1S/C36H37Cl2N3O4S/c1-26-15-21-31(22-16-26)46(44,45)41(33-14-8-7-13-32(33)38)25-35(42)40(24-28-17-19-29(37)20-18-28)34(23-27-9-3-2-4-10-27)36(43)39-30-11-5-6-12-30/h2-4,7-10,13-22,30,34H,5-6,11-12,23-25H2,1H3,(H,39,43). The number of halogens is 2. The number of nitrogens with one attached hydrogen (secondary N) is 1. The highest BCUT2D eigenvalue weighted by Crippen LogP contribution is 2.31. The number of hydrogen-bond donors (Lipinski definition) is 1. The van der Waals surface area contributed by atoms with E-state index in [2.05, 4.69) is 5.32 Å². The van der Waals surface area contributed by atoms with Crippen LogP contribution >= 0.6 is 23.2 Å². The van der Waals surface area contributed by atoms with Gasteiger partial charge in [-0.1, -0.05) is 108 Å². The maximum absolute atomic E-state index is 14.6. The molecule has 1 N–H and O–H groups in total. The average Bonchev–Trinajstić information content (AvgIpc) is 3.56. The minimum Gasteiger partial charge on any atom is -0.352 e. The minimum atomic E-state index is -4.24. The van der Waals surface area contributed by atoms with E-state index in [0.717, 1.165) is 46.7 Å². The predicted molar refractivity (Wildman–Crippen MR) is 183 cm³/mol. The fourth-order valence-corrected chi connectivity index (χ4v) is 7.56. The Hall–Kier alpha value is -3.85. The molecule has 7 nitrogen and oxygen atoms in total. The van der Waals surface area contributed by atoms with Crippen molar-refractivity contribution in [1.82, 2.24) is 10.2 Å². The van der Waals surface area contributed by atoms with Gasteiger partial charge in [-0.05, 0) is 67.3 Å². The van der Waals surface area contributed by atoms with E-state index in [1.54, 1.807) is 60.7 Å². The van der Waals surface area contributed by atoms with Gasteiger partial charge in [-0.2, -0.15) is 0 Å². The van der Waals surface area contributed by atoms with E-state index < -0.39 is 28.5 Å². The van der Waals surface area contributed by atoms with Crippen LogP contribution in [0.2, 0.25) is 10.0 Å². The van der Waals surface area contributed by atoms with Crippen LogP contribution in [0.15, 0.2) is 108 Å². The zero-order valence-electron chi connectivity index (χ0n) is 25.6. The number of benzene rings is 4. The summed E-state index contributed by atoms with van der Waals surface area (Å²) in [5.74, 6) is -0.822. The molecule has 240 valence electrons. The number of carbonyl (C=O) groups excluding carboxylic acids is 2. The Morgan fingerprint density at radius 1 is 0.826 bits per heavy atom. The largest absolute Gasteiger partial charge is 0.352 e. The number of carbonyl (C=O) groups is 2. The van der Waals surface area contributed by atoms with Crippen LogP contribution < -0.4 is 9.62 Å². The van der Waals surface area contributed by atoms with Gasteiger partial charge in [0.05, 0.1) is 15.6 Å². The molecule has 0 saturated heterocycles. The number of sulfonamides is 1. The SMILES string of the molecule is Cc1ccc(S(=O)(=O)N(CC(=O)N(Cc2ccc(Cl)cc2)C(Cc2ccccc2)C(=O)NC2CCCC2)c2ccccc2Cl)cc1. The van der Waals surface area contributed by atoms with E-state index in [4.69, 9.17) is 23.2 Å². The number of rotatable bonds is 12. The van der Waals surface area contributed by atoms with Crippen molar-refractivity contribution in [2.45, 2.75) is 62.6 Å². The number of aryl methyl sites for hydroxylation is 1. The first-order chi connectivity index (χ1) is 22.1. The van der Waals surface area contributed by atoms with Crippen molar-refractivity contribution in [2.24, 2.45) is 0 Å². The van der Waals surface area contributed by atoms with Gasteiger partial charge in [0.25, 0.3) is 10.0 Å². The van der Waals surface area contributed by atoms with Crippen molar-refractivity contribution in [2.75, 3.05) is 10.8 Å². The third-order valence-corrected chi connectivity index (χ3v) is 10.6. The van der Waals surface area contributed by atoms with E-state index in [1.807, 2.05) is 37.3 Å². The van der Waals surface area contributed by atoms with Crippen molar-refractivity contribution in [3.8, 4) is 0 Å². The summed E-state index contributed by atoms with van der Waals surface area (Å²) in [4.78, 5) is 30.2. The topological polar surface area (TPSA) is 86.8 Å². The molecule has 1 fully saturated rings. The lowest BCUT2D eigenvalue weighted by Gasteiger charge is -2.34. The zero-order valence-corrected chi connectivity index (χ0v) is 27.9. The Morgan fingerprint density at radius 2 is 1.46 bits per heavy atom. The lowest BCUT2D eigenvalue weighted by molar-refractivity contribution is -0.140. The van der Waals surface area contributed by atoms with Crippen LogP contribution in [-0.4, -0.2) is 43.8 Å². The van der Waals surface area contributed by atoms with Gasteiger partial charge in [0.2, 0.25) is 11.8 Å². The number of anilines is 1. The summed E-state index contributed by atoms with van der Waals surface area (Å²) < 4.78 is 29.4. The van der Waals surface area contributed by atoms with Crippen LogP contribution in [0, 0.1) is 6.92 Å². The first-order valence-corrected chi connectivity index (χ1v) is 17.5. The van der Waals surface area contributed by atoms with Crippen LogP contribution in [0.25, 0.3) is 0 Å². The molecule has 1 unspecified atom stereocenters. The number of amides is 2. The number of hydrogen-bond acceptors (Lipinski definition) is 4. The van der Waals surface area contributed by atoms with Gasteiger partial charge in [0, 0.05) is 24.0 Å². The van der Waals surface area contributed by atoms with Crippen molar-refractivity contribution >= 4 is 50.7 Å². The summed E-state index contributed by atoms with van der Waals surface area (Å²) in [6.45, 7) is 1.35. The molecule has 10 heteroatoms. The van der Waals surface area contributed by atoms with Gasteiger partial charge >= 0.3 is 0 Å². The summed E-state index contributed by atoms with van der Waals surface area (Å²) in [7, 11) is -4.24. The molecule has 4 aromatic rings. The lowest BCUT2D eigenvalue weighted by Crippen LogP contribution is -2.54. The molecular formula is C36H37Cl2N3O4S. The van der Waals surface area contributed by atoms with Gasteiger partial charge in [0.15, 0.2) is 0 Å². The van der Waals surface area contributed by atoms with E-state index in [1.165, 1.54) is 17.0 Å². The zero-order chi connectivity index (χ0) is 32.7. The fraction of sp³-hybridized carbons (Fsp3) is 0.278. The molecule has 0 aliphatic heterocycles. The Kier molecular flexibility index (Phi) is 11.0. The average molecular weight is 679 g/mol. The van der Waals surface area contributed by atoms with Crippen LogP contribution in [-0.2, 0) is 32.6 Å². The fourth-order valence-electron chi connectivity index (χ4n) is 5.71. The van der Waals surface area contributed by atoms with E-state index in [9.17, 15) is 18.0 Å².